The highest BCUT2D eigenvalue weighted by atomic mass is 16.5. The summed E-state index contributed by atoms with van der Waals surface area (Å²) in [5.41, 5.74) is 0.00532. The molecule has 0 unspecified atom stereocenters. The van der Waals surface area contributed by atoms with Crippen LogP contribution in [0.3, 0.4) is 0 Å². The first-order chi connectivity index (χ1) is 6.70. The Labute approximate surface area is 83.6 Å². The third kappa shape index (κ3) is 2.07. The Morgan fingerprint density at radius 1 is 1.50 bits per heavy atom. The largest absolute Gasteiger partial charge is 0.481 e. The first kappa shape index (κ1) is 9.93. The Hall–Kier alpha value is -0.610. The molecule has 0 aromatic heterocycles. The van der Waals surface area contributed by atoms with Crippen molar-refractivity contribution in [1.29, 1.82) is 0 Å². The summed E-state index contributed by atoms with van der Waals surface area (Å²) in [5.74, 6) is -0.477. The van der Waals surface area contributed by atoms with E-state index in [-0.39, 0.29) is 17.9 Å². The predicted molar refractivity (Wildman–Crippen MR) is 51.1 cm³/mol. The standard InChI is InChI=1S/C10H17NO3/c12-9(13)5-8-6-10(14-7-8)1-3-11-4-2-10/h8,11H,1-7H2,(H,12,13)/t8-/m1/s1. The lowest BCUT2D eigenvalue weighted by molar-refractivity contribution is -0.138. The quantitative estimate of drug-likeness (QED) is 0.684. The van der Waals surface area contributed by atoms with Gasteiger partial charge in [-0.3, -0.25) is 4.79 Å². The fourth-order valence-corrected chi connectivity index (χ4v) is 2.55. The summed E-state index contributed by atoms with van der Waals surface area (Å²) in [6, 6.07) is 0. The molecule has 2 heterocycles. The number of rotatable bonds is 2. The maximum absolute atomic E-state index is 10.6. The van der Waals surface area contributed by atoms with Crippen molar-refractivity contribution in [1.82, 2.24) is 5.32 Å². The van der Waals surface area contributed by atoms with Gasteiger partial charge in [0.05, 0.1) is 18.6 Å². The zero-order chi connectivity index (χ0) is 10.0. The van der Waals surface area contributed by atoms with Crippen LogP contribution >= 0.6 is 0 Å². The topological polar surface area (TPSA) is 58.6 Å². The van der Waals surface area contributed by atoms with E-state index < -0.39 is 5.97 Å². The molecule has 0 amide bonds. The van der Waals surface area contributed by atoms with Gasteiger partial charge in [0.2, 0.25) is 0 Å². The Morgan fingerprint density at radius 2 is 2.21 bits per heavy atom. The van der Waals surface area contributed by atoms with Gasteiger partial charge in [-0.15, -0.1) is 0 Å². The van der Waals surface area contributed by atoms with E-state index in [1.54, 1.807) is 0 Å². The van der Waals surface area contributed by atoms with Crippen molar-refractivity contribution in [3.63, 3.8) is 0 Å². The van der Waals surface area contributed by atoms with Crippen LogP contribution in [-0.4, -0.2) is 36.4 Å². The van der Waals surface area contributed by atoms with Crippen LogP contribution in [-0.2, 0) is 9.53 Å². The summed E-state index contributed by atoms with van der Waals surface area (Å²) in [4.78, 5) is 10.6. The van der Waals surface area contributed by atoms with Crippen molar-refractivity contribution >= 4 is 5.97 Å². The Morgan fingerprint density at radius 3 is 2.86 bits per heavy atom. The number of ether oxygens (including phenoxy) is 1. The summed E-state index contributed by atoms with van der Waals surface area (Å²) in [5, 5.41) is 12.0. The lowest BCUT2D eigenvalue weighted by Gasteiger charge is -2.32. The first-order valence-corrected chi connectivity index (χ1v) is 5.27. The molecule has 0 bridgehead atoms. The number of carboxylic acid groups (broad SMARTS) is 1. The minimum atomic E-state index is -0.704. The van der Waals surface area contributed by atoms with E-state index >= 15 is 0 Å². The monoisotopic (exact) mass is 199 g/mol. The molecule has 0 aromatic carbocycles. The van der Waals surface area contributed by atoms with Crippen LogP contribution in [0.5, 0.6) is 0 Å². The predicted octanol–water partition coefficient (Wildman–Crippen LogP) is 0.620. The van der Waals surface area contributed by atoms with Gasteiger partial charge in [0.15, 0.2) is 0 Å². The third-order valence-corrected chi connectivity index (χ3v) is 3.26. The van der Waals surface area contributed by atoms with Gasteiger partial charge < -0.3 is 15.2 Å². The van der Waals surface area contributed by atoms with E-state index in [0.29, 0.717) is 6.61 Å². The number of nitrogens with one attached hydrogen (secondary N) is 1. The van der Waals surface area contributed by atoms with Gasteiger partial charge in [-0.2, -0.15) is 0 Å². The number of hydrogen-bond acceptors (Lipinski definition) is 3. The Balaban J connectivity index is 1.89. The molecule has 0 radical (unpaired) electrons. The van der Waals surface area contributed by atoms with Crippen LogP contribution in [0.25, 0.3) is 0 Å². The van der Waals surface area contributed by atoms with Gasteiger partial charge >= 0.3 is 5.97 Å². The number of hydrogen-bond donors (Lipinski definition) is 2. The molecule has 0 aliphatic carbocycles. The highest BCUT2D eigenvalue weighted by Gasteiger charge is 2.41. The average Bonchev–Trinajstić information content (AvgIpc) is 2.49. The molecule has 1 spiro atoms. The van der Waals surface area contributed by atoms with Gasteiger partial charge in [0.25, 0.3) is 0 Å². The zero-order valence-electron chi connectivity index (χ0n) is 8.29. The molecule has 2 rings (SSSR count). The molecular formula is C10H17NO3. The highest BCUT2D eigenvalue weighted by molar-refractivity contribution is 5.67. The number of carbonyl (C=O) groups is 1. The number of carboxylic acids is 1. The van der Waals surface area contributed by atoms with E-state index in [0.717, 1.165) is 32.4 Å². The second-order valence-electron chi connectivity index (χ2n) is 4.41. The van der Waals surface area contributed by atoms with Gasteiger partial charge in [0, 0.05) is 0 Å². The van der Waals surface area contributed by atoms with Crippen LogP contribution in [0.2, 0.25) is 0 Å². The second-order valence-corrected chi connectivity index (χ2v) is 4.41. The average molecular weight is 199 g/mol. The molecule has 2 N–H and O–H groups in total. The summed E-state index contributed by atoms with van der Waals surface area (Å²) < 4.78 is 5.79. The van der Waals surface area contributed by atoms with E-state index in [2.05, 4.69) is 5.32 Å². The first-order valence-electron chi connectivity index (χ1n) is 5.27. The smallest absolute Gasteiger partial charge is 0.303 e. The molecule has 4 nitrogen and oxygen atoms in total. The SMILES string of the molecule is O=C(O)C[C@H]1COC2(CCNCC2)C1. The molecule has 0 aromatic rings. The van der Waals surface area contributed by atoms with Crippen LogP contribution in [0.15, 0.2) is 0 Å². The van der Waals surface area contributed by atoms with E-state index in [4.69, 9.17) is 9.84 Å². The van der Waals surface area contributed by atoms with Crippen LogP contribution in [0.4, 0.5) is 0 Å². The minimum Gasteiger partial charge on any atom is -0.481 e. The molecule has 14 heavy (non-hydrogen) atoms. The number of aliphatic carboxylic acids is 1. The fourth-order valence-electron chi connectivity index (χ4n) is 2.55. The molecule has 2 saturated heterocycles. The molecule has 80 valence electrons. The maximum Gasteiger partial charge on any atom is 0.303 e. The second kappa shape index (κ2) is 3.87. The van der Waals surface area contributed by atoms with Crippen molar-refractivity contribution < 1.29 is 14.6 Å². The van der Waals surface area contributed by atoms with Gasteiger partial charge in [-0.1, -0.05) is 0 Å². The summed E-state index contributed by atoms with van der Waals surface area (Å²) in [7, 11) is 0. The van der Waals surface area contributed by atoms with Gasteiger partial charge in [0.1, 0.15) is 0 Å². The Bertz CT molecular complexity index is 223. The summed E-state index contributed by atoms with van der Waals surface area (Å²) in [6.45, 7) is 2.63. The van der Waals surface area contributed by atoms with E-state index in [1.165, 1.54) is 0 Å². The highest BCUT2D eigenvalue weighted by Crippen LogP contribution is 2.38. The van der Waals surface area contributed by atoms with E-state index in [1.807, 2.05) is 0 Å². The van der Waals surface area contributed by atoms with Crippen molar-refractivity contribution in [2.24, 2.45) is 5.92 Å². The van der Waals surface area contributed by atoms with Crippen molar-refractivity contribution in [2.45, 2.75) is 31.3 Å². The van der Waals surface area contributed by atoms with Gasteiger partial charge in [-0.25, -0.2) is 0 Å². The lowest BCUT2D eigenvalue weighted by atomic mass is 9.85. The lowest BCUT2D eigenvalue weighted by Crippen LogP contribution is -2.41. The molecule has 0 saturated carbocycles. The van der Waals surface area contributed by atoms with Crippen molar-refractivity contribution in [3.8, 4) is 0 Å². The third-order valence-electron chi connectivity index (χ3n) is 3.26. The summed E-state index contributed by atoms with van der Waals surface area (Å²) in [6.07, 6.45) is 3.25. The minimum absolute atomic E-state index is 0.00532. The molecular weight excluding hydrogens is 182 g/mol. The zero-order valence-corrected chi connectivity index (χ0v) is 8.29. The van der Waals surface area contributed by atoms with Crippen LogP contribution in [0, 0.1) is 5.92 Å². The van der Waals surface area contributed by atoms with Crippen LogP contribution in [0.1, 0.15) is 25.7 Å². The van der Waals surface area contributed by atoms with Crippen LogP contribution < -0.4 is 5.32 Å². The molecule has 2 aliphatic rings. The summed E-state index contributed by atoms with van der Waals surface area (Å²) >= 11 is 0. The van der Waals surface area contributed by atoms with E-state index in [9.17, 15) is 4.79 Å². The Kier molecular flexibility index (Phi) is 2.74. The van der Waals surface area contributed by atoms with Crippen molar-refractivity contribution in [3.05, 3.63) is 0 Å². The molecule has 1 atom stereocenters. The number of piperidine rings is 1. The van der Waals surface area contributed by atoms with Crippen molar-refractivity contribution in [2.75, 3.05) is 19.7 Å². The molecule has 4 heteroatoms. The molecule has 2 aliphatic heterocycles. The molecule has 2 fully saturated rings. The fraction of sp³-hybridized carbons (Fsp3) is 0.900. The van der Waals surface area contributed by atoms with Gasteiger partial charge in [-0.05, 0) is 38.3 Å². The normalized spacial score (nSPS) is 30.7. The maximum atomic E-state index is 10.6.